The normalized spacial score (nSPS) is 19.4. The summed E-state index contributed by atoms with van der Waals surface area (Å²) in [6.45, 7) is 12.0. The van der Waals surface area contributed by atoms with E-state index in [0.29, 0.717) is 12.6 Å². The summed E-state index contributed by atoms with van der Waals surface area (Å²) >= 11 is 0. The van der Waals surface area contributed by atoms with Gasteiger partial charge in [-0.05, 0) is 30.0 Å². The molecule has 1 aromatic carbocycles. The van der Waals surface area contributed by atoms with Gasteiger partial charge in [-0.3, -0.25) is 9.69 Å². The van der Waals surface area contributed by atoms with Crippen LogP contribution in [0.2, 0.25) is 0 Å². The molecule has 0 spiro atoms. The van der Waals surface area contributed by atoms with Crippen LogP contribution in [0.1, 0.15) is 33.3 Å². The third-order valence-corrected chi connectivity index (χ3v) is 4.02. The zero-order valence-electron chi connectivity index (χ0n) is 14.0. The number of nitrogens with zero attached hydrogens (tertiary/aromatic N) is 1. The molecule has 1 heterocycles. The van der Waals surface area contributed by atoms with E-state index in [0.717, 1.165) is 25.3 Å². The molecule has 0 aromatic heterocycles. The first kappa shape index (κ1) is 18.9. The molecule has 1 aliphatic rings. The van der Waals surface area contributed by atoms with Crippen molar-refractivity contribution in [3.8, 4) is 0 Å². The first-order valence-corrected chi connectivity index (χ1v) is 7.71. The van der Waals surface area contributed by atoms with Gasteiger partial charge in [0.05, 0.1) is 6.54 Å². The average molecular weight is 326 g/mol. The Morgan fingerprint density at radius 1 is 1.32 bits per heavy atom. The highest BCUT2D eigenvalue weighted by molar-refractivity contribution is 5.92. The Hall–Kier alpha value is -1.10. The second-order valence-electron chi connectivity index (χ2n) is 6.90. The molecular weight excluding hydrogens is 298 g/mol. The molecule has 0 saturated carbocycles. The van der Waals surface area contributed by atoms with E-state index in [1.807, 2.05) is 12.1 Å². The largest absolute Gasteiger partial charge is 0.325 e. The van der Waals surface area contributed by atoms with Gasteiger partial charge in [0.1, 0.15) is 0 Å². The van der Waals surface area contributed by atoms with E-state index < -0.39 is 0 Å². The number of halogens is 1. The summed E-state index contributed by atoms with van der Waals surface area (Å²) < 4.78 is 0. The van der Waals surface area contributed by atoms with Gasteiger partial charge in [-0.2, -0.15) is 0 Å². The van der Waals surface area contributed by atoms with Crippen LogP contribution in [-0.4, -0.2) is 43.0 Å². The van der Waals surface area contributed by atoms with E-state index in [9.17, 15) is 4.79 Å². The Bertz CT molecular complexity index is 482. The zero-order chi connectivity index (χ0) is 15.5. The number of piperazine rings is 1. The molecule has 124 valence electrons. The van der Waals surface area contributed by atoms with Crippen LogP contribution >= 0.6 is 12.4 Å². The van der Waals surface area contributed by atoms with Crippen molar-refractivity contribution in [2.24, 2.45) is 0 Å². The summed E-state index contributed by atoms with van der Waals surface area (Å²) in [6, 6.07) is 8.55. The molecule has 1 aliphatic heterocycles. The van der Waals surface area contributed by atoms with Gasteiger partial charge in [0.25, 0.3) is 0 Å². The van der Waals surface area contributed by atoms with Crippen LogP contribution in [0.25, 0.3) is 0 Å². The first-order valence-electron chi connectivity index (χ1n) is 7.71. The van der Waals surface area contributed by atoms with Gasteiger partial charge in [0.2, 0.25) is 5.91 Å². The maximum Gasteiger partial charge on any atom is 0.238 e. The third kappa shape index (κ3) is 5.27. The van der Waals surface area contributed by atoms with Crippen LogP contribution in [-0.2, 0) is 10.2 Å². The Balaban J connectivity index is 0.00000242. The number of amides is 1. The number of rotatable bonds is 3. The molecule has 1 fully saturated rings. The van der Waals surface area contributed by atoms with Gasteiger partial charge in [-0.25, -0.2) is 0 Å². The maximum absolute atomic E-state index is 12.1. The van der Waals surface area contributed by atoms with Gasteiger partial charge in [-0.1, -0.05) is 32.9 Å². The highest BCUT2D eigenvalue weighted by Crippen LogP contribution is 2.23. The lowest BCUT2D eigenvalue weighted by atomic mass is 9.87. The quantitative estimate of drug-likeness (QED) is 0.898. The van der Waals surface area contributed by atoms with E-state index in [-0.39, 0.29) is 23.7 Å². The maximum atomic E-state index is 12.1. The molecule has 1 atom stereocenters. The monoisotopic (exact) mass is 325 g/mol. The molecule has 1 amide bonds. The van der Waals surface area contributed by atoms with Gasteiger partial charge in [-0.15, -0.1) is 12.4 Å². The van der Waals surface area contributed by atoms with Crippen LogP contribution in [0.4, 0.5) is 5.69 Å². The van der Waals surface area contributed by atoms with E-state index in [1.165, 1.54) is 5.56 Å². The topological polar surface area (TPSA) is 44.4 Å². The van der Waals surface area contributed by atoms with E-state index in [2.05, 4.69) is 55.4 Å². The van der Waals surface area contributed by atoms with Crippen molar-refractivity contribution < 1.29 is 4.79 Å². The lowest BCUT2D eigenvalue weighted by Gasteiger charge is -2.33. The summed E-state index contributed by atoms with van der Waals surface area (Å²) in [5, 5.41) is 6.32. The molecule has 0 bridgehead atoms. The molecule has 1 aromatic rings. The van der Waals surface area contributed by atoms with Crippen LogP contribution in [0, 0.1) is 0 Å². The Kier molecular flexibility index (Phi) is 6.85. The molecule has 0 radical (unpaired) electrons. The van der Waals surface area contributed by atoms with Crippen molar-refractivity contribution >= 4 is 24.0 Å². The summed E-state index contributed by atoms with van der Waals surface area (Å²) in [6.07, 6.45) is 0. The number of carbonyl (C=O) groups is 1. The molecule has 0 aliphatic carbocycles. The smallest absolute Gasteiger partial charge is 0.238 e. The Labute approximate surface area is 140 Å². The lowest BCUT2D eigenvalue weighted by Crippen LogP contribution is -2.51. The van der Waals surface area contributed by atoms with Crippen LogP contribution in [0.15, 0.2) is 24.3 Å². The molecule has 1 saturated heterocycles. The van der Waals surface area contributed by atoms with Crippen molar-refractivity contribution in [3.05, 3.63) is 29.8 Å². The van der Waals surface area contributed by atoms with Gasteiger partial charge < -0.3 is 10.6 Å². The summed E-state index contributed by atoms with van der Waals surface area (Å²) in [4.78, 5) is 14.4. The first-order chi connectivity index (χ1) is 9.86. The molecule has 5 heteroatoms. The summed E-state index contributed by atoms with van der Waals surface area (Å²) in [5.41, 5.74) is 2.28. The fourth-order valence-electron chi connectivity index (χ4n) is 2.56. The second kappa shape index (κ2) is 7.95. The fourth-order valence-corrected chi connectivity index (χ4v) is 2.56. The molecule has 22 heavy (non-hydrogen) atoms. The van der Waals surface area contributed by atoms with Crippen LogP contribution in [0.3, 0.4) is 0 Å². The molecule has 2 rings (SSSR count). The number of hydrogen-bond acceptors (Lipinski definition) is 3. The standard InChI is InChI=1S/C17H27N3O.ClH/c1-13-11-18-9-10-20(13)12-16(21)19-15-7-5-14(6-8-15)17(2,3)4;/h5-8,13,18H,9-12H2,1-4H3,(H,19,21);1H/t13-;/m0./s1. The van der Waals surface area contributed by atoms with E-state index in [1.54, 1.807) is 0 Å². The lowest BCUT2D eigenvalue weighted by molar-refractivity contribution is -0.118. The number of nitrogens with one attached hydrogen (secondary N) is 2. The predicted octanol–water partition coefficient (Wildman–Crippen LogP) is 2.64. The van der Waals surface area contributed by atoms with Gasteiger partial charge in [0, 0.05) is 31.4 Å². The van der Waals surface area contributed by atoms with Gasteiger partial charge in [0.15, 0.2) is 0 Å². The molecular formula is C17H28ClN3O. The highest BCUT2D eigenvalue weighted by Gasteiger charge is 2.20. The van der Waals surface area contributed by atoms with Crippen molar-refractivity contribution in [1.82, 2.24) is 10.2 Å². The van der Waals surface area contributed by atoms with Crippen LogP contribution < -0.4 is 10.6 Å². The van der Waals surface area contributed by atoms with Crippen molar-refractivity contribution in [2.75, 3.05) is 31.5 Å². The minimum Gasteiger partial charge on any atom is -0.325 e. The van der Waals surface area contributed by atoms with Crippen LogP contribution in [0.5, 0.6) is 0 Å². The zero-order valence-corrected chi connectivity index (χ0v) is 14.8. The minimum absolute atomic E-state index is 0. The van der Waals surface area contributed by atoms with Gasteiger partial charge >= 0.3 is 0 Å². The Morgan fingerprint density at radius 2 is 1.95 bits per heavy atom. The summed E-state index contributed by atoms with van der Waals surface area (Å²) in [5.74, 6) is 0.0623. The second-order valence-corrected chi connectivity index (χ2v) is 6.90. The predicted molar refractivity (Wildman–Crippen MR) is 94.9 cm³/mol. The molecule has 0 unspecified atom stereocenters. The highest BCUT2D eigenvalue weighted by atomic mass is 35.5. The van der Waals surface area contributed by atoms with Crippen molar-refractivity contribution in [3.63, 3.8) is 0 Å². The number of hydrogen-bond donors (Lipinski definition) is 2. The number of carbonyl (C=O) groups excluding carboxylic acids is 1. The van der Waals surface area contributed by atoms with Crippen molar-refractivity contribution in [1.29, 1.82) is 0 Å². The fraction of sp³-hybridized carbons (Fsp3) is 0.588. The number of anilines is 1. The Morgan fingerprint density at radius 3 is 2.50 bits per heavy atom. The molecule has 4 nitrogen and oxygen atoms in total. The third-order valence-electron chi connectivity index (χ3n) is 4.02. The van der Waals surface area contributed by atoms with E-state index in [4.69, 9.17) is 0 Å². The average Bonchev–Trinajstić information content (AvgIpc) is 2.41. The minimum atomic E-state index is 0. The van der Waals surface area contributed by atoms with E-state index >= 15 is 0 Å². The summed E-state index contributed by atoms with van der Waals surface area (Å²) in [7, 11) is 0. The van der Waals surface area contributed by atoms with Crippen molar-refractivity contribution in [2.45, 2.75) is 39.2 Å². The molecule has 2 N–H and O–H groups in total. The SMILES string of the molecule is C[C@H]1CNCCN1CC(=O)Nc1ccc(C(C)(C)C)cc1.Cl. The number of benzene rings is 1.